The summed E-state index contributed by atoms with van der Waals surface area (Å²) in [6, 6.07) is 12.8. The average molecular weight is 478 g/mol. The Morgan fingerprint density at radius 1 is 1.06 bits per heavy atom. The van der Waals surface area contributed by atoms with Crippen LogP contribution < -0.4 is 9.21 Å². The van der Waals surface area contributed by atoms with Gasteiger partial charge in [0, 0.05) is 40.4 Å². The smallest absolute Gasteiger partial charge is 0.324 e. The lowest BCUT2D eigenvalue weighted by molar-refractivity contribution is -0.135. The van der Waals surface area contributed by atoms with E-state index in [9.17, 15) is 18.3 Å². The quantitative estimate of drug-likeness (QED) is 0.566. The third kappa shape index (κ3) is 4.32. The molecule has 1 aliphatic heterocycles. The summed E-state index contributed by atoms with van der Waals surface area (Å²) < 4.78 is 27.4. The van der Waals surface area contributed by atoms with Crippen LogP contribution in [0.4, 0.5) is 17.1 Å². The molecule has 1 aliphatic rings. The van der Waals surface area contributed by atoms with E-state index in [1.54, 1.807) is 30.6 Å². The molecule has 2 heterocycles. The molecule has 1 aromatic heterocycles. The van der Waals surface area contributed by atoms with E-state index in [2.05, 4.69) is 9.88 Å². The number of pyridine rings is 1. The van der Waals surface area contributed by atoms with Gasteiger partial charge in [0.2, 0.25) is 0 Å². The van der Waals surface area contributed by atoms with Crippen LogP contribution in [-0.4, -0.2) is 37.6 Å². The minimum absolute atomic E-state index is 0.142. The molecule has 10 heteroatoms. The van der Waals surface area contributed by atoms with Crippen LogP contribution in [-0.2, 0) is 21.2 Å². The van der Waals surface area contributed by atoms with Gasteiger partial charge in [0.15, 0.2) is 0 Å². The monoisotopic (exact) mass is 477 g/mol. The zero-order valence-electron chi connectivity index (χ0n) is 16.1. The predicted octanol–water partition coefficient (Wildman–Crippen LogP) is 4.36. The largest absolute Gasteiger partial charge is 0.480 e. The summed E-state index contributed by atoms with van der Waals surface area (Å²) in [6.07, 6.45) is 4.10. The molecule has 1 N–H and O–H groups in total. The van der Waals surface area contributed by atoms with Crippen LogP contribution in [0.3, 0.4) is 0 Å². The molecule has 4 rings (SSSR count). The normalized spacial score (nSPS) is 13.2. The molecule has 0 aliphatic carbocycles. The summed E-state index contributed by atoms with van der Waals surface area (Å²) >= 11 is 11.9. The molecule has 0 saturated heterocycles. The first-order chi connectivity index (χ1) is 14.8. The van der Waals surface area contributed by atoms with E-state index in [1.807, 2.05) is 12.1 Å². The first-order valence-electron chi connectivity index (χ1n) is 9.27. The average Bonchev–Trinajstić information content (AvgIpc) is 3.15. The fourth-order valence-electron chi connectivity index (χ4n) is 3.58. The lowest BCUT2D eigenvalue weighted by Gasteiger charge is -2.24. The molecule has 31 heavy (non-hydrogen) atoms. The number of carboxylic acids is 1. The highest BCUT2D eigenvalue weighted by Gasteiger charge is 2.30. The maximum Gasteiger partial charge on any atom is 0.324 e. The Bertz CT molecular complexity index is 1230. The van der Waals surface area contributed by atoms with Crippen molar-refractivity contribution in [2.45, 2.75) is 11.3 Å². The Kier molecular flexibility index (Phi) is 5.79. The topological polar surface area (TPSA) is 90.8 Å². The number of fused-ring (bicyclic) bond motifs is 1. The molecule has 0 fully saturated rings. The summed E-state index contributed by atoms with van der Waals surface area (Å²) in [5, 5.41) is 9.66. The summed E-state index contributed by atoms with van der Waals surface area (Å²) in [7, 11) is -4.22. The van der Waals surface area contributed by atoms with Gasteiger partial charge in [-0.25, -0.2) is 8.42 Å². The van der Waals surface area contributed by atoms with Crippen molar-refractivity contribution in [2.24, 2.45) is 0 Å². The Morgan fingerprint density at radius 3 is 2.39 bits per heavy atom. The minimum atomic E-state index is -4.22. The molecular formula is C21H17Cl2N3O4S. The van der Waals surface area contributed by atoms with Gasteiger partial charge < -0.3 is 10.0 Å². The van der Waals surface area contributed by atoms with Crippen LogP contribution in [0.15, 0.2) is 65.8 Å². The number of carbonyl (C=O) groups is 1. The number of carboxylic acid groups (broad SMARTS) is 1. The third-order valence-electron chi connectivity index (χ3n) is 4.92. The van der Waals surface area contributed by atoms with Gasteiger partial charge in [0.05, 0.1) is 10.6 Å². The van der Waals surface area contributed by atoms with E-state index < -0.39 is 22.5 Å². The molecule has 160 valence electrons. The zero-order valence-corrected chi connectivity index (χ0v) is 18.4. The van der Waals surface area contributed by atoms with Crippen molar-refractivity contribution in [2.75, 3.05) is 22.3 Å². The van der Waals surface area contributed by atoms with Crippen LogP contribution in [0.25, 0.3) is 0 Å². The summed E-state index contributed by atoms with van der Waals surface area (Å²) in [5.74, 6) is -1.28. The number of sulfonamides is 1. The first-order valence-corrected chi connectivity index (χ1v) is 11.5. The van der Waals surface area contributed by atoms with Crippen molar-refractivity contribution in [3.63, 3.8) is 0 Å². The maximum atomic E-state index is 13.3. The van der Waals surface area contributed by atoms with E-state index in [1.165, 1.54) is 18.2 Å². The molecule has 0 spiro atoms. The van der Waals surface area contributed by atoms with Gasteiger partial charge >= 0.3 is 5.97 Å². The molecule has 0 atom stereocenters. The number of halogens is 2. The molecule has 3 aromatic rings. The van der Waals surface area contributed by atoms with Crippen molar-refractivity contribution in [3.8, 4) is 0 Å². The van der Waals surface area contributed by atoms with Crippen molar-refractivity contribution < 1.29 is 18.3 Å². The molecule has 0 bridgehead atoms. The molecule has 0 unspecified atom stereocenters. The number of aromatic nitrogens is 1. The Labute approximate surface area is 189 Å². The number of anilines is 3. The molecule has 0 amide bonds. The fraction of sp³-hybridized carbons (Fsp3) is 0.143. The van der Waals surface area contributed by atoms with E-state index in [0.717, 1.165) is 27.8 Å². The predicted molar refractivity (Wildman–Crippen MR) is 120 cm³/mol. The highest BCUT2D eigenvalue weighted by atomic mass is 35.5. The first kappa shape index (κ1) is 21.4. The van der Waals surface area contributed by atoms with Gasteiger partial charge in [-0.3, -0.25) is 14.1 Å². The van der Waals surface area contributed by atoms with Crippen molar-refractivity contribution in [3.05, 3.63) is 76.5 Å². The number of aliphatic carboxylic acids is 1. The molecule has 0 saturated carbocycles. The second-order valence-electron chi connectivity index (χ2n) is 6.93. The number of hydrogen-bond acceptors (Lipinski definition) is 5. The summed E-state index contributed by atoms with van der Waals surface area (Å²) in [4.78, 5) is 17.5. The highest BCUT2D eigenvalue weighted by Crippen LogP contribution is 2.37. The van der Waals surface area contributed by atoms with Crippen LogP contribution in [0.1, 0.15) is 5.56 Å². The number of nitrogens with zero attached hydrogens (tertiary/aromatic N) is 3. The number of hydrogen-bond donors (Lipinski definition) is 1. The Hall–Kier alpha value is -2.81. The van der Waals surface area contributed by atoms with Gasteiger partial charge in [-0.15, -0.1) is 0 Å². The summed E-state index contributed by atoms with van der Waals surface area (Å²) in [5.41, 5.74) is 3.09. The molecule has 7 nitrogen and oxygen atoms in total. The van der Waals surface area contributed by atoms with Crippen molar-refractivity contribution in [1.82, 2.24) is 4.98 Å². The Morgan fingerprint density at radius 2 is 1.74 bits per heavy atom. The standard InChI is InChI=1S/C21H17Cl2N3O4S/c22-15-10-16(23)12-19(11-15)31(29,30)26(13-21(27)28)18-1-2-20-14(9-18)5-8-25(20)17-3-6-24-7-4-17/h1-4,6-7,9-12H,5,8,13H2,(H,27,28). The van der Waals surface area contributed by atoms with Gasteiger partial charge in [0.25, 0.3) is 10.0 Å². The fourth-order valence-corrected chi connectivity index (χ4v) is 5.71. The van der Waals surface area contributed by atoms with Crippen molar-refractivity contribution >= 4 is 56.3 Å². The lowest BCUT2D eigenvalue weighted by Crippen LogP contribution is -2.35. The highest BCUT2D eigenvalue weighted by molar-refractivity contribution is 7.92. The van der Waals surface area contributed by atoms with Gasteiger partial charge in [-0.1, -0.05) is 23.2 Å². The minimum Gasteiger partial charge on any atom is -0.480 e. The molecule has 0 radical (unpaired) electrons. The molecular weight excluding hydrogens is 461 g/mol. The zero-order chi connectivity index (χ0) is 22.2. The SMILES string of the molecule is O=C(O)CN(c1ccc2c(c1)CCN2c1ccncc1)S(=O)(=O)c1cc(Cl)cc(Cl)c1. The van der Waals surface area contributed by atoms with E-state index in [4.69, 9.17) is 23.2 Å². The molecule has 2 aromatic carbocycles. The lowest BCUT2D eigenvalue weighted by atomic mass is 10.1. The Balaban J connectivity index is 1.75. The van der Waals surface area contributed by atoms with Gasteiger partial charge in [-0.05, 0) is 60.5 Å². The van der Waals surface area contributed by atoms with E-state index >= 15 is 0 Å². The van der Waals surface area contributed by atoms with Gasteiger partial charge in [0.1, 0.15) is 6.54 Å². The van der Waals surface area contributed by atoms with Crippen molar-refractivity contribution in [1.29, 1.82) is 0 Å². The third-order valence-corrected chi connectivity index (χ3v) is 7.11. The number of rotatable bonds is 6. The van der Waals surface area contributed by atoms with E-state index in [-0.39, 0.29) is 20.6 Å². The van der Waals surface area contributed by atoms with Crippen LogP contribution >= 0.6 is 23.2 Å². The van der Waals surface area contributed by atoms with Crippen LogP contribution in [0.5, 0.6) is 0 Å². The van der Waals surface area contributed by atoms with Crippen LogP contribution in [0.2, 0.25) is 10.0 Å². The van der Waals surface area contributed by atoms with Gasteiger partial charge in [-0.2, -0.15) is 0 Å². The number of benzene rings is 2. The summed E-state index contributed by atoms with van der Waals surface area (Å²) in [6.45, 7) is -0.0162. The van der Waals surface area contributed by atoms with E-state index in [0.29, 0.717) is 6.42 Å². The second kappa shape index (κ2) is 8.37. The maximum absolute atomic E-state index is 13.3. The second-order valence-corrected chi connectivity index (χ2v) is 9.67. The van der Waals surface area contributed by atoms with Crippen LogP contribution in [0, 0.1) is 0 Å².